The maximum Gasteiger partial charge on any atom is 0.416 e. The molecular weight excluding hydrogens is 337 g/mol. The molecule has 1 aromatic carbocycles. The average Bonchev–Trinajstić information content (AvgIpc) is 3.24. The summed E-state index contributed by atoms with van der Waals surface area (Å²) in [6.07, 6.45) is -3.65. The largest absolute Gasteiger partial charge is 0.416 e. The lowest BCUT2D eigenvalue weighted by Crippen LogP contribution is -2.29. The second-order valence-corrected chi connectivity index (χ2v) is 5.95. The molecule has 0 spiro atoms. The van der Waals surface area contributed by atoms with E-state index in [0.29, 0.717) is 19.8 Å². The van der Waals surface area contributed by atoms with E-state index >= 15 is 0 Å². The summed E-state index contributed by atoms with van der Waals surface area (Å²) >= 11 is 0. The fourth-order valence-electron chi connectivity index (χ4n) is 2.71. The summed E-state index contributed by atoms with van der Waals surface area (Å²) in [6, 6.07) is 6.62. The monoisotopic (exact) mass is 354 g/mol. The molecule has 2 aromatic rings. The Kier molecular flexibility index (Phi) is 5.08. The highest BCUT2D eigenvalue weighted by Crippen LogP contribution is 2.32. The lowest BCUT2D eigenvalue weighted by Gasteiger charge is -2.11. The standard InChI is InChI=1S/C17H17F3N2O3/c18-17(19,20)14-4-2-1-3-12(14)7-13-8-15(22-25-13)16(23)21-9-11-5-6-24-10-11/h1-4,8,11H,5-7,9-10H2,(H,21,23). The highest BCUT2D eigenvalue weighted by atomic mass is 19.4. The van der Waals surface area contributed by atoms with E-state index in [4.69, 9.17) is 9.26 Å². The van der Waals surface area contributed by atoms with Crippen LogP contribution in [-0.2, 0) is 17.3 Å². The number of carbonyl (C=O) groups excluding carboxylic acids is 1. The van der Waals surface area contributed by atoms with E-state index in [1.807, 2.05) is 0 Å². The van der Waals surface area contributed by atoms with Crippen LogP contribution < -0.4 is 5.32 Å². The van der Waals surface area contributed by atoms with E-state index in [-0.39, 0.29) is 29.4 Å². The van der Waals surface area contributed by atoms with Crippen LogP contribution in [0.5, 0.6) is 0 Å². The molecule has 0 aliphatic carbocycles. The van der Waals surface area contributed by atoms with Crippen molar-refractivity contribution < 1.29 is 27.2 Å². The summed E-state index contributed by atoms with van der Waals surface area (Å²) in [5, 5.41) is 6.38. The zero-order valence-electron chi connectivity index (χ0n) is 13.3. The molecule has 1 saturated heterocycles. The van der Waals surface area contributed by atoms with Gasteiger partial charge in [-0.1, -0.05) is 23.4 Å². The van der Waals surface area contributed by atoms with E-state index in [2.05, 4.69) is 10.5 Å². The van der Waals surface area contributed by atoms with Crippen molar-refractivity contribution in [3.8, 4) is 0 Å². The summed E-state index contributed by atoms with van der Waals surface area (Å²) in [5.41, 5.74) is -0.599. The molecule has 1 aliphatic heterocycles. The third-order valence-electron chi connectivity index (χ3n) is 4.05. The molecule has 0 saturated carbocycles. The van der Waals surface area contributed by atoms with Crippen LogP contribution in [0.4, 0.5) is 13.2 Å². The molecule has 0 bridgehead atoms. The van der Waals surface area contributed by atoms with Crippen molar-refractivity contribution in [1.29, 1.82) is 0 Å². The third kappa shape index (κ3) is 4.39. The van der Waals surface area contributed by atoms with Crippen LogP contribution in [0.15, 0.2) is 34.9 Å². The minimum absolute atomic E-state index is 0.0541. The first-order valence-corrected chi connectivity index (χ1v) is 7.90. The molecule has 25 heavy (non-hydrogen) atoms. The molecule has 8 heteroatoms. The maximum atomic E-state index is 13.0. The van der Waals surface area contributed by atoms with Crippen molar-refractivity contribution in [2.75, 3.05) is 19.8 Å². The van der Waals surface area contributed by atoms with Gasteiger partial charge in [-0.25, -0.2) is 0 Å². The van der Waals surface area contributed by atoms with Crippen LogP contribution in [0.2, 0.25) is 0 Å². The van der Waals surface area contributed by atoms with E-state index < -0.39 is 17.6 Å². The number of amides is 1. The molecule has 2 heterocycles. The molecule has 1 amide bonds. The minimum Gasteiger partial charge on any atom is -0.381 e. The number of aromatic nitrogens is 1. The molecule has 1 N–H and O–H groups in total. The number of nitrogens with one attached hydrogen (secondary N) is 1. The zero-order chi connectivity index (χ0) is 17.9. The fourth-order valence-corrected chi connectivity index (χ4v) is 2.71. The van der Waals surface area contributed by atoms with Crippen LogP contribution in [-0.4, -0.2) is 30.8 Å². The molecule has 1 unspecified atom stereocenters. The molecule has 134 valence electrons. The summed E-state index contributed by atoms with van der Waals surface area (Å²) in [4.78, 5) is 12.0. The molecule has 1 fully saturated rings. The fraction of sp³-hybridized carbons (Fsp3) is 0.412. The summed E-state index contributed by atoms with van der Waals surface area (Å²) in [7, 11) is 0. The van der Waals surface area contributed by atoms with Gasteiger partial charge < -0.3 is 14.6 Å². The van der Waals surface area contributed by atoms with Crippen LogP contribution in [0, 0.1) is 5.92 Å². The quantitative estimate of drug-likeness (QED) is 0.896. The topological polar surface area (TPSA) is 64.4 Å². The van der Waals surface area contributed by atoms with Crippen molar-refractivity contribution in [3.05, 3.63) is 52.9 Å². The van der Waals surface area contributed by atoms with E-state index in [1.54, 1.807) is 0 Å². The van der Waals surface area contributed by atoms with Gasteiger partial charge in [-0.3, -0.25) is 4.79 Å². The number of carbonyl (C=O) groups is 1. The molecular formula is C17H17F3N2O3. The normalized spacial score (nSPS) is 17.6. The Labute approximate surface area is 142 Å². The number of nitrogens with zero attached hydrogens (tertiary/aromatic N) is 1. The van der Waals surface area contributed by atoms with Crippen molar-refractivity contribution in [3.63, 3.8) is 0 Å². The highest BCUT2D eigenvalue weighted by Gasteiger charge is 2.33. The Balaban J connectivity index is 1.65. The molecule has 1 aliphatic rings. The molecule has 3 rings (SSSR count). The number of benzene rings is 1. The predicted molar refractivity (Wildman–Crippen MR) is 82.0 cm³/mol. The van der Waals surface area contributed by atoms with Gasteiger partial charge in [0.05, 0.1) is 12.2 Å². The molecule has 0 radical (unpaired) electrons. The zero-order valence-corrected chi connectivity index (χ0v) is 13.3. The molecule has 1 atom stereocenters. The number of alkyl halides is 3. The second-order valence-electron chi connectivity index (χ2n) is 5.95. The Bertz CT molecular complexity index is 737. The second kappa shape index (κ2) is 7.26. The van der Waals surface area contributed by atoms with Crippen molar-refractivity contribution in [2.45, 2.75) is 19.0 Å². The number of hydrogen-bond acceptors (Lipinski definition) is 4. The van der Waals surface area contributed by atoms with E-state index in [0.717, 1.165) is 12.5 Å². The van der Waals surface area contributed by atoms with Crippen molar-refractivity contribution >= 4 is 5.91 Å². The lowest BCUT2D eigenvalue weighted by molar-refractivity contribution is -0.138. The van der Waals surface area contributed by atoms with Crippen molar-refractivity contribution in [1.82, 2.24) is 10.5 Å². The van der Waals surface area contributed by atoms with Gasteiger partial charge in [0.1, 0.15) is 5.76 Å². The van der Waals surface area contributed by atoms with Crippen LogP contribution >= 0.6 is 0 Å². The predicted octanol–water partition coefficient (Wildman–Crippen LogP) is 3.05. The summed E-state index contributed by atoms with van der Waals surface area (Å²) in [5.74, 6) is 0.0611. The van der Waals surface area contributed by atoms with E-state index in [9.17, 15) is 18.0 Å². The van der Waals surface area contributed by atoms with Crippen molar-refractivity contribution in [2.24, 2.45) is 5.92 Å². The van der Waals surface area contributed by atoms with Gasteiger partial charge in [0.15, 0.2) is 5.69 Å². The van der Waals surface area contributed by atoms with Crippen LogP contribution in [0.3, 0.4) is 0 Å². The van der Waals surface area contributed by atoms with Gasteiger partial charge in [0.2, 0.25) is 0 Å². The first-order valence-electron chi connectivity index (χ1n) is 7.90. The smallest absolute Gasteiger partial charge is 0.381 e. The van der Waals surface area contributed by atoms with Gasteiger partial charge in [-0.05, 0) is 18.1 Å². The van der Waals surface area contributed by atoms with Crippen LogP contribution in [0.25, 0.3) is 0 Å². The summed E-state index contributed by atoms with van der Waals surface area (Å²) in [6.45, 7) is 1.77. The van der Waals surface area contributed by atoms with Gasteiger partial charge in [0.25, 0.3) is 5.91 Å². The van der Waals surface area contributed by atoms with Gasteiger partial charge in [0, 0.05) is 31.6 Å². The first kappa shape index (κ1) is 17.5. The minimum atomic E-state index is -4.44. The number of hydrogen-bond donors (Lipinski definition) is 1. The Hall–Kier alpha value is -2.35. The average molecular weight is 354 g/mol. The van der Waals surface area contributed by atoms with Gasteiger partial charge in [-0.15, -0.1) is 0 Å². The molecule has 5 nitrogen and oxygen atoms in total. The Morgan fingerprint density at radius 1 is 1.32 bits per heavy atom. The maximum absolute atomic E-state index is 13.0. The number of rotatable bonds is 5. The third-order valence-corrected chi connectivity index (χ3v) is 4.05. The number of ether oxygens (including phenoxy) is 1. The van der Waals surface area contributed by atoms with Crippen LogP contribution in [0.1, 0.15) is 33.8 Å². The Morgan fingerprint density at radius 2 is 2.12 bits per heavy atom. The first-order chi connectivity index (χ1) is 11.9. The summed E-state index contributed by atoms with van der Waals surface area (Å²) < 4.78 is 49.3. The Morgan fingerprint density at radius 3 is 2.84 bits per heavy atom. The highest BCUT2D eigenvalue weighted by molar-refractivity contribution is 5.92. The lowest BCUT2D eigenvalue weighted by atomic mass is 10.0. The van der Waals surface area contributed by atoms with Gasteiger partial charge in [-0.2, -0.15) is 13.2 Å². The number of halogens is 3. The van der Waals surface area contributed by atoms with Gasteiger partial charge >= 0.3 is 6.18 Å². The molecule has 1 aromatic heterocycles. The SMILES string of the molecule is O=C(NCC1CCOC1)c1cc(Cc2ccccc2C(F)(F)F)on1. The van der Waals surface area contributed by atoms with E-state index in [1.165, 1.54) is 24.3 Å².